The molecule has 0 saturated carbocycles. The molecule has 52 valence electrons. The van der Waals surface area contributed by atoms with E-state index in [4.69, 9.17) is 5.41 Å². The van der Waals surface area contributed by atoms with E-state index in [1.807, 2.05) is 5.34 Å². The minimum absolute atomic E-state index is 0.0259. The monoisotopic (exact) mass is 132 g/mol. The SMILES string of the molecule is CC(C)N(C=N)/N=N\F. The third kappa shape index (κ3) is 2.73. The Kier molecular flexibility index (Phi) is 3.50. The Hall–Kier alpha value is -1.00. The standard InChI is InChI=1S/C4H9FN4/c1-4(2)9(3-6)8-7-5/h3-4,6H,1-2H3/b6-3?,8-7-. The van der Waals surface area contributed by atoms with Crippen molar-refractivity contribution in [3.63, 3.8) is 0 Å². The second-order valence-corrected chi connectivity index (χ2v) is 1.77. The molecule has 0 aliphatic heterocycles. The van der Waals surface area contributed by atoms with Crippen LogP contribution in [0.1, 0.15) is 13.8 Å². The van der Waals surface area contributed by atoms with Crippen LogP contribution in [-0.2, 0) is 0 Å². The topological polar surface area (TPSA) is 51.8 Å². The summed E-state index contributed by atoms with van der Waals surface area (Å²) in [6, 6.07) is -0.0259. The molecule has 0 bridgehead atoms. The predicted octanol–water partition coefficient (Wildman–Crippen LogP) is 1.56. The maximum atomic E-state index is 11.1. The first-order valence-electron chi connectivity index (χ1n) is 2.53. The maximum Gasteiger partial charge on any atom is 0.105 e. The van der Waals surface area contributed by atoms with Crippen LogP contribution in [0.4, 0.5) is 4.48 Å². The number of rotatable bonds is 3. The Morgan fingerprint density at radius 3 is 2.33 bits per heavy atom. The van der Waals surface area contributed by atoms with E-state index in [1.165, 1.54) is 0 Å². The van der Waals surface area contributed by atoms with Crippen molar-refractivity contribution in [1.82, 2.24) is 5.01 Å². The van der Waals surface area contributed by atoms with Gasteiger partial charge in [0.15, 0.2) is 0 Å². The zero-order chi connectivity index (χ0) is 7.28. The molecule has 0 radical (unpaired) electrons. The molecule has 0 amide bonds. The van der Waals surface area contributed by atoms with E-state index in [9.17, 15) is 4.48 Å². The lowest BCUT2D eigenvalue weighted by Crippen LogP contribution is -2.22. The van der Waals surface area contributed by atoms with Gasteiger partial charge < -0.3 is 0 Å². The second kappa shape index (κ2) is 3.94. The van der Waals surface area contributed by atoms with Crippen LogP contribution < -0.4 is 0 Å². The quantitative estimate of drug-likeness (QED) is 0.269. The first-order chi connectivity index (χ1) is 4.22. The molecule has 1 N–H and O–H groups in total. The van der Waals surface area contributed by atoms with Crippen molar-refractivity contribution in [2.45, 2.75) is 19.9 Å². The molecule has 0 heterocycles. The summed E-state index contributed by atoms with van der Waals surface area (Å²) in [5, 5.41) is 12.8. The van der Waals surface area contributed by atoms with Gasteiger partial charge in [-0.3, -0.25) is 5.41 Å². The van der Waals surface area contributed by atoms with Gasteiger partial charge in [-0.1, -0.05) is 4.48 Å². The molecule has 0 saturated heterocycles. The van der Waals surface area contributed by atoms with Crippen molar-refractivity contribution < 1.29 is 4.48 Å². The highest BCUT2D eigenvalue weighted by Gasteiger charge is 2.00. The van der Waals surface area contributed by atoms with E-state index < -0.39 is 0 Å². The van der Waals surface area contributed by atoms with Crippen LogP contribution in [0.5, 0.6) is 0 Å². The van der Waals surface area contributed by atoms with Gasteiger partial charge in [0.1, 0.15) is 6.34 Å². The lowest BCUT2D eigenvalue weighted by atomic mass is 10.4. The third-order valence-electron chi connectivity index (χ3n) is 0.798. The Balaban J connectivity index is 3.82. The molecular weight excluding hydrogens is 123 g/mol. The number of hydrogen-bond donors (Lipinski definition) is 1. The predicted molar refractivity (Wildman–Crippen MR) is 31.7 cm³/mol. The lowest BCUT2D eigenvalue weighted by molar-refractivity contribution is 0.306. The van der Waals surface area contributed by atoms with Crippen LogP contribution >= 0.6 is 0 Å². The van der Waals surface area contributed by atoms with Crippen molar-refractivity contribution >= 4 is 6.34 Å². The Morgan fingerprint density at radius 2 is 2.22 bits per heavy atom. The van der Waals surface area contributed by atoms with Gasteiger partial charge in [0.25, 0.3) is 0 Å². The van der Waals surface area contributed by atoms with Crippen molar-refractivity contribution in [1.29, 1.82) is 5.41 Å². The van der Waals surface area contributed by atoms with Crippen molar-refractivity contribution in [3.8, 4) is 0 Å². The summed E-state index contributed by atoms with van der Waals surface area (Å²) in [6.45, 7) is 3.56. The Morgan fingerprint density at radius 1 is 1.67 bits per heavy atom. The molecule has 4 nitrogen and oxygen atoms in total. The normalized spacial score (nSPS) is 10.7. The van der Waals surface area contributed by atoms with Crippen molar-refractivity contribution in [2.24, 2.45) is 10.6 Å². The van der Waals surface area contributed by atoms with E-state index in [0.717, 1.165) is 11.3 Å². The van der Waals surface area contributed by atoms with Gasteiger partial charge in [-0.2, -0.15) is 0 Å². The van der Waals surface area contributed by atoms with Crippen molar-refractivity contribution in [2.75, 3.05) is 0 Å². The van der Waals surface area contributed by atoms with E-state index in [-0.39, 0.29) is 6.04 Å². The average molecular weight is 132 g/mol. The Bertz CT molecular complexity index is 111. The van der Waals surface area contributed by atoms with Crippen LogP contribution in [0, 0.1) is 5.41 Å². The zero-order valence-electron chi connectivity index (χ0n) is 5.37. The molecule has 0 atom stereocenters. The van der Waals surface area contributed by atoms with Crippen molar-refractivity contribution in [3.05, 3.63) is 0 Å². The van der Waals surface area contributed by atoms with Crippen LogP contribution in [0.2, 0.25) is 0 Å². The molecule has 0 aromatic carbocycles. The average Bonchev–Trinajstić information content (AvgIpc) is 1.82. The fraction of sp³-hybridized carbons (Fsp3) is 0.750. The van der Waals surface area contributed by atoms with Crippen LogP contribution in [-0.4, -0.2) is 17.4 Å². The summed E-state index contributed by atoms with van der Waals surface area (Å²) in [4.78, 5) is 0. The molecule has 5 heteroatoms. The second-order valence-electron chi connectivity index (χ2n) is 1.77. The Labute approximate surface area is 52.8 Å². The first-order valence-corrected chi connectivity index (χ1v) is 2.53. The minimum Gasteiger partial charge on any atom is -0.290 e. The number of nitrogens with one attached hydrogen (secondary N) is 1. The fourth-order valence-electron chi connectivity index (χ4n) is 0.317. The molecule has 0 rings (SSSR count). The smallest absolute Gasteiger partial charge is 0.105 e. The van der Waals surface area contributed by atoms with Gasteiger partial charge in [-0.25, -0.2) is 5.01 Å². The molecular formula is C4H9FN4. The summed E-state index contributed by atoms with van der Waals surface area (Å²) in [5.74, 6) is 0. The van der Waals surface area contributed by atoms with Gasteiger partial charge in [-0.05, 0) is 19.1 Å². The molecule has 0 spiro atoms. The summed E-state index contributed by atoms with van der Waals surface area (Å²) in [7, 11) is 0. The van der Waals surface area contributed by atoms with E-state index in [1.54, 1.807) is 13.8 Å². The van der Waals surface area contributed by atoms with E-state index in [2.05, 4.69) is 5.22 Å². The van der Waals surface area contributed by atoms with Crippen LogP contribution in [0.25, 0.3) is 0 Å². The largest absolute Gasteiger partial charge is 0.290 e. The van der Waals surface area contributed by atoms with Gasteiger partial charge >= 0.3 is 0 Å². The zero-order valence-corrected chi connectivity index (χ0v) is 5.37. The van der Waals surface area contributed by atoms with Crippen LogP contribution in [0.3, 0.4) is 0 Å². The molecule has 0 aromatic rings. The molecule has 0 fully saturated rings. The molecule has 0 aromatic heterocycles. The highest BCUT2D eigenvalue weighted by molar-refractivity contribution is 5.50. The molecule has 0 aliphatic carbocycles. The van der Waals surface area contributed by atoms with Crippen LogP contribution in [0.15, 0.2) is 10.6 Å². The fourth-order valence-corrected chi connectivity index (χ4v) is 0.317. The number of hydrogen-bond acceptors (Lipinski definition) is 3. The number of nitrogens with zero attached hydrogens (tertiary/aromatic N) is 3. The highest BCUT2D eigenvalue weighted by atomic mass is 19.2. The summed E-state index contributed by atoms with van der Waals surface area (Å²) in [6.07, 6.45) is 0.910. The molecule has 0 aliphatic rings. The lowest BCUT2D eigenvalue weighted by Gasteiger charge is -2.12. The summed E-state index contributed by atoms with van der Waals surface area (Å²) in [5.41, 5.74) is 0. The summed E-state index contributed by atoms with van der Waals surface area (Å²) < 4.78 is 11.1. The van der Waals surface area contributed by atoms with Gasteiger partial charge in [0.2, 0.25) is 0 Å². The van der Waals surface area contributed by atoms with Gasteiger partial charge in [-0.15, -0.1) is 0 Å². The van der Waals surface area contributed by atoms with Gasteiger partial charge in [0, 0.05) is 11.4 Å². The maximum absolute atomic E-state index is 11.1. The van der Waals surface area contributed by atoms with E-state index >= 15 is 0 Å². The summed E-state index contributed by atoms with van der Waals surface area (Å²) >= 11 is 0. The third-order valence-corrected chi connectivity index (χ3v) is 0.798. The number of halogens is 1. The minimum atomic E-state index is -0.0259. The highest BCUT2D eigenvalue weighted by Crippen LogP contribution is 1.94. The molecule has 0 unspecified atom stereocenters. The first kappa shape index (κ1) is 8.00. The molecule has 9 heavy (non-hydrogen) atoms. The van der Waals surface area contributed by atoms with E-state index in [0.29, 0.717) is 0 Å². The van der Waals surface area contributed by atoms with Gasteiger partial charge in [0.05, 0.1) is 0 Å².